The molecule has 0 fully saturated rings. The quantitative estimate of drug-likeness (QED) is 0.581. The van der Waals surface area contributed by atoms with Crippen molar-refractivity contribution in [3.63, 3.8) is 0 Å². The fourth-order valence-corrected chi connectivity index (χ4v) is 3.44. The molecule has 23 heavy (non-hydrogen) atoms. The van der Waals surface area contributed by atoms with Crippen molar-refractivity contribution in [3.05, 3.63) is 29.8 Å². The van der Waals surface area contributed by atoms with Gasteiger partial charge in [-0.05, 0) is 38.4 Å². The van der Waals surface area contributed by atoms with Crippen molar-refractivity contribution < 1.29 is 25.6 Å². The lowest BCUT2D eigenvalue weighted by atomic mass is 10.2. The predicted octanol–water partition coefficient (Wildman–Crippen LogP) is -1.99. The summed E-state index contributed by atoms with van der Waals surface area (Å²) in [5, 5.41) is 2.79. The number of rotatable bonds is 8. The normalized spacial score (nSPS) is 11.4. The van der Waals surface area contributed by atoms with Crippen LogP contribution in [0.5, 0.6) is 0 Å². The van der Waals surface area contributed by atoms with E-state index in [1.54, 1.807) is 26.0 Å². The monoisotopic (exact) mass is 362 g/mol. The molecule has 0 aromatic heterocycles. The van der Waals surface area contributed by atoms with Gasteiger partial charge in [0, 0.05) is 31.7 Å². The Balaban J connectivity index is 0.00000484. The Kier molecular flexibility index (Phi) is 9.38. The van der Waals surface area contributed by atoms with Gasteiger partial charge in [-0.25, -0.2) is 8.42 Å². The van der Waals surface area contributed by atoms with Gasteiger partial charge >= 0.3 is 0 Å². The second-order valence-electron chi connectivity index (χ2n) is 5.17. The Morgan fingerprint density at radius 1 is 1.09 bits per heavy atom. The zero-order valence-corrected chi connectivity index (χ0v) is 15.6. The number of likely N-dealkylation sites (N-methyl/N-ethyl adjacent to an activating group) is 1. The van der Waals surface area contributed by atoms with E-state index in [1.807, 2.05) is 19.0 Å². The number of carbonyl (C=O) groups is 1. The van der Waals surface area contributed by atoms with Gasteiger partial charge in [-0.3, -0.25) is 4.79 Å². The highest BCUT2D eigenvalue weighted by Gasteiger charge is 2.21. The molecule has 1 aromatic carbocycles. The summed E-state index contributed by atoms with van der Waals surface area (Å²) in [7, 11) is 0.382. The molecule has 0 unspecified atom stereocenters. The van der Waals surface area contributed by atoms with E-state index in [0.29, 0.717) is 25.2 Å². The van der Waals surface area contributed by atoms with Crippen LogP contribution in [0.1, 0.15) is 24.2 Å². The zero-order chi connectivity index (χ0) is 16.8. The maximum atomic E-state index is 12.3. The van der Waals surface area contributed by atoms with Crippen LogP contribution in [0.2, 0.25) is 0 Å². The Morgan fingerprint density at radius 2 is 1.61 bits per heavy atom. The lowest BCUT2D eigenvalue weighted by molar-refractivity contribution is -0.0000158. The third-order valence-corrected chi connectivity index (χ3v) is 5.37. The van der Waals surface area contributed by atoms with E-state index in [-0.39, 0.29) is 23.2 Å². The van der Waals surface area contributed by atoms with Crippen LogP contribution in [0, 0.1) is 0 Å². The summed E-state index contributed by atoms with van der Waals surface area (Å²) >= 11 is 0. The van der Waals surface area contributed by atoms with Gasteiger partial charge in [0.2, 0.25) is 10.0 Å². The Labute approximate surface area is 145 Å². The summed E-state index contributed by atoms with van der Waals surface area (Å²) in [4.78, 5) is 14.1. The SMILES string of the molecule is CCN(CC)S(=O)(=O)c1ccc(C(=O)NCCN(C)C)cc1.[Cl-]. The first-order valence-electron chi connectivity index (χ1n) is 7.36. The Bertz CT molecular complexity index is 584. The van der Waals surface area contributed by atoms with Crippen LogP contribution in [0.25, 0.3) is 0 Å². The van der Waals surface area contributed by atoms with E-state index < -0.39 is 10.0 Å². The number of sulfonamides is 1. The maximum Gasteiger partial charge on any atom is 0.251 e. The molecule has 0 aliphatic rings. The van der Waals surface area contributed by atoms with Gasteiger partial charge in [-0.2, -0.15) is 4.31 Å². The van der Waals surface area contributed by atoms with E-state index in [2.05, 4.69) is 5.32 Å². The predicted molar refractivity (Wildman–Crippen MR) is 87.4 cm³/mol. The molecule has 1 amide bonds. The average Bonchev–Trinajstić information content (AvgIpc) is 2.48. The minimum atomic E-state index is -3.48. The first kappa shape index (κ1) is 21.9. The van der Waals surface area contributed by atoms with Crippen LogP contribution in [0.15, 0.2) is 29.2 Å². The maximum absolute atomic E-state index is 12.3. The summed E-state index contributed by atoms with van der Waals surface area (Å²) in [6, 6.07) is 6.05. The lowest BCUT2D eigenvalue weighted by Gasteiger charge is -2.18. The smallest absolute Gasteiger partial charge is 0.251 e. The minimum absolute atomic E-state index is 0. The number of nitrogens with one attached hydrogen (secondary N) is 1. The molecule has 0 radical (unpaired) electrons. The molecule has 132 valence electrons. The summed E-state index contributed by atoms with van der Waals surface area (Å²) < 4.78 is 26.1. The molecule has 0 saturated heterocycles. The first-order valence-corrected chi connectivity index (χ1v) is 8.80. The van der Waals surface area contributed by atoms with Crippen molar-refractivity contribution >= 4 is 15.9 Å². The largest absolute Gasteiger partial charge is 1.00 e. The average molecular weight is 363 g/mol. The molecule has 0 spiro atoms. The van der Waals surface area contributed by atoms with Crippen molar-refractivity contribution in [2.75, 3.05) is 40.3 Å². The zero-order valence-electron chi connectivity index (χ0n) is 14.0. The highest BCUT2D eigenvalue weighted by atomic mass is 35.5. The molecule has 0 atom stereocenters. The van der Waals surface area contributed by atoms with Crippen LogP contribution in [0.4, 0.5) is 0 Å². The number of nitrogens with zero attached hydrogens (tertiary/aromatic N) is 2. The van der Waals surface area contributed by atoms with E-state index in [1.165, 1.54) is 16.4 Å². The van der Waals surface area contributed by atoms with E-state index in [0.717, 1.165) is 6.54 Å². The second-order valence-corrected chi connectivity index (χ2v) is 7.11. The third-order valence-electron chi connectivity index (χ3n) is 3.30. The number of amides is 1. The van der Waals surface area contributed by atoms with Crippen molar-refractivity contribution in [3.8, 4) is 0 Å². The lowest BCUT2D eigenvalue weighted by Crippen LogP contribution is -3.00. The Morgan fingerprint density at radius 3 is 2.04 bits per heavy atom. The molecule has 0 aliphatic heterocycles. The van der Waals surface area contributed by atoms with Crippen LogP contribution in [-0.2, 0) is 10.0 Å². The van der Waals surface area contributed by atoms with Crippen LogP contribution < -0.4 is 17.7 Å². The molecule has 1 aromatic rings. The highest BCUT2D eigenvalue weighted by Crippen LogP contribution is 2.16. The van der Waals surface area contributed by atoms with Gasteiger partial charge < -0.3 is 22.6 Å². The molecular weight excluding hydrogens is 338 g/mol. The molecule has 8 heteroatoms. The van der Waals surface area contributed by atoms with Gasteiger partial charge in [-0.1, -0.05) is 13.8 Å². The summed E-state index contributed by atoms with van der Waals surface area (Å²) in [6.07, 6.45) is 0. The van der Waals surface area contributed by atoms with Crippen molar-refractivity contribution in [1.29, 1.82) is 0 Å². The van der Waals surface area contributed by atoms with Crippen LogP contribution in [-0.4, -0.2) is 63.8 Å². The van der Waals surface area contributed by atoms with Gasteiger partial charge in [0.15, 0.2) is 0 Å². The van der Waals surface area contributed by atoms with E-state index in [9.17, 15) is 13.2 Å². The third kappa shape index (κ3) is 6.10. The number of hydrogen-bond acceptors (Lipinski definition) is 4. The standard InChI is InChI=1S/C15H25N3O3S.ClH/c1-5-18(6-2)22(20,21)14-9-7-13(8-10-14)15(19)16-11-12-17(3)4;/h7-10H,5-6,11-12H2,1-4H3,(H,16,19);1H/p-1. The summed E-state index contributed by atoms with van der Waals surface area (Å²) in [6.45, 7) is 5.74. The second kappa shape index (κ2) is 9.87. The van der Waals surface area contributed by atoms with Gasteiger partial charge in [0.1, 0.15) is 0 Å². The number of benzene rings is 1. The van der Waals surface area contributed by atoms with Crippen LogP contribution >= 0.6 is 0 Å². The first-order chi connectivity index (χ1) is 10.3. The molecule has 6 nitrogen and oxygen atoms in total. The fourth-order valence-electron chi connectivity index (χ4n) is 1.99. The van der Waals surface area contributed by atoms with Crippen molar-refractivity contribution in [1.82, 2.24) is 14.5 Å². The minimum Gasteiger partial charge on any atom is -1.00 e. The number of halogens is 1. The van der Waals surface area contributed by atoms with E-state index >= 15 is 0 Å². The van der Waals surface area contributed by atoms with Crippen molar-refractivity contribution in [2.45, 2.75) is 18.7 Å². The molecule has 0 saturated carbocycles. The molecule has 0 aliphatic carbocycles. The topological polar surface area (TPSA) is 69.7 Å². The molecule has 0 heterocycles. The molecule has 0 bridgehead atoms. The van der Waals surface area contributed by atoms with Gasteiger partial charge in [-0.15, -0.1) is 0 Å². The number of hydrogen-bond donors (Lipinski definition) is 1. The fraction of sp³-hybridized carbons (Fsp3) is 0.533. The Hall–Kier alpha value is -1.15. The summed E-state index contributed by atoms with van der Waals surface area (Å²) in [5.74, 6) is -0.200. The summed E-state index contributed by atoms with van der Waals surface area (Å²) in [5.41, 5.74) is 0.456. The highest BCUT2D eigenvalue weighted by molar-refractivity contribution is 7.89. The number of carbonyl (C=O) groups excluding carboxylic acids is 1. The van der Waals surface area contributed by atoms with Gasteiger partial charge in [0.05, 0.1) is 4.90 Å². The van der Waals surface area contributed by atoms with Crippen LogP contribution in [0.3, 0.4) is 0 Å². The molecular formula is C15H25ClN3O3S-. The van der Waals surface area contributed by atoms with Crippen molar-refractivity contribution in [2.24, 2.45) is 0 Å². The van der Waals surface area contributed by atoms with Gasteiger partial charge in [0.25, 0.3) is 5.91 Å². The molecule has 1 N–H and O–H groups in total. The molecule has 1 rings (SSSR count). The van der Waals surface area contributed by atoms with E-state index in [4.69, 9.17) is 0 Å².